The number of aromatic amines is 1. The fraction of sp³-hybridized carbons (Fsp3) is 0.429. The summed E-state index contributed by atoms with van der Waals surface area (Å²) < 4.78 is 47.7. The van der Waals surface area contributed by atoms with Gasteiger partial charge in [-0.15, -0.1) is 0 Å². The van der Waals surface area contributed by atoms with Crippen LogP contribution < -0.4 is 4.72 Å². The first-order valence-electron chi connectivity index (χ1n) is 7.84. The number of nitrogens with one attached hydrogen (secondary N) is 2. The topological polar surface area (TPSA) is 65.2 Å². The molecular weight excluding hydrogens is 274 g/mol. The van der Waals surface area contributed by atoms with Gasteiger partial charge in [0.25, 0.3) is 0 Å². The zero-order valence-corrected chi connectivity index (χ0v) is 12.4. The summed E-state index contributed by atoms with van der Waals surface area (Å²) >= 11 is 0. The van der Waals surface area contributed by atoms with E-state index in [1.165, 1.54) is 11.9 Å². The molecule has 0 saturated heterocycles. The average molecular weight is 298 g/mol. The number of fused-ring (bicyclic) bond motifs is 1. The molecule has 2 rings (SSSR count). The molecule has 5 nitrogen and oxygen atoms in total. The molecule has 0 aliphatic carbocycles. The van der Waals surface area contributed by atoms with Gasteiger partial charge in [0.15, 0.2) is 0 Å². The molecule has 0 unspecified atom stereocenters. The van der Waals surface area contributed by atoms with Gasteiger partial charge in [-0.3, -0.25) is 0 Å². The SMILES string of the molecule is [2H]C([2H])([2H])N(C)CCc1c[nH]c2ccc(CS(=O)(=O)NC)cc12. The molecule has 0 saturated carbocycles. The predicted octanol–water partition coefficient (Wildman–Crippen LogP) is 1.32. The largest absolute Gasteiger partial charge is 0.361 e. The van der Waals surface area contributed by atoms with Crippen LogP contribution in [-0.2, 0) is 22.2 Å². The standard InChI is InChI=1S/C14H21N3O2S/c1-15-20(18,19)10-11-4-5-14-13(8-11)12(9-16-14)6-7-17(2)3/h4-5,8-9,15-16H,6-7,10H2,1-3H3/i2D3. The Balaban J connectivity index is 2.22. The Kier molecular flexibility index (Phi) is 3.36. The highest BCUT2D eigenvalue weighted by Crippen LogP contribution is 2.21. The first kappa shape index (κ1) is 11.3. The smallest absolute Gasteiger partial charge is 0.215 e. The van der Waals surface area contributed by atoms with Crippen LogP contribution in [0.1, 0.15) is 15.2 Å². The molecule has 0 atom stereocenters. The molecule has 0 spiro atoms. The van der Waals surface area contributed by atoms with Crippen LogP contribution in [0.2, 0.25) is 0 Å². The molecule has 2 aromatic rings. The summed E-state index contributed by atoms with van der Waals surface area (Å²) in [6.45, 7) is -1.72. The lowest BCUT2D eigenvalue weighted by atomic mass is 10.1. The van der Waals surface area contributed by atoms with Crippen LogP contribution in [0.4, 0.5) is 0 Å². The molecule has 2 N–H and O–H groups in total. The van der Waals surface area contributed by atoms with Crippen molar-refractivity contribution in [2.24, 2.45) is 0 Å². The number of rotatable bonds is 6. The van der Waals surface area contributed by atoms with Crippen LogP contribution in [0.3, 0.4) is 0 Å². The van der Waals surface area contributed by atoms with Crippen molar-refractivity contribution in [1.82, 2.24) is 14.6 Å². The molecule has 0 radical (unpaired) electrons. The highest BCUT2D eigenvalue weighted by atomic mass is 32.2. The Hall–Kier alpha value is -1.37. The molecule has 1 aromatic heterocycles. The third-order valence-electron chi connectivity index (χ3n) is 3.22. The first-order chi connectivity index (χ1) is 10.6. The lowest BCUT2D eigenvalue weighted by Gasteiger charge is -2.08. The van der Waals surface area contributed by atoms with Crippen molar-refractivity contribution in [2.45, 2.75) is 12.2 Å². The van der Waals surface area contributed by atoms with Gasteiger partial charge < -0.3 is 9.88 Å². The quantitative estimate of drug-likeness (QED) is 0.845. The van der Waals surface area contributed by atoms with E-state index in [2.05, 4.69) is 9.71 Å². The van der Waals surface area contributed by atoms with Crippen molar-refractivity contribution in [3.8, 4) is 0 Å². The van der Waals surface area contributed by atoms with E-state index in [1.54, 1.807) is 13.1 Å². The van der Waals surface area contributed by atoms with Crippen LogP contribution in [0.5, 0.6) is 0 Å². The van der Waals surface area contributed by atoms with Crippen LogP contribution in [0.25, 0.3) is 10.9 Å². The van der Waals surface area contributed by atoms with Crippen LogP contribution in [0.15, 0.2) is 24.4 Å². The van der Waals surface area contributed by atoms with Crippen LogP contribution in [0, 0.1) is 0 Å². The second-order valence-electron chi connectivity index (χ2n) is 4.83. The van der Waals surface area contributed by atoms with Gasteiger partial charge in [-0.2, -0.15) is 0 Å². The van der Waals surface area contributed by atoms with E-state index < -0.39 is 17.0 Å². The lowest BCUT2D eigenvalue weighted by molar-refractivity contribution is 0.414. The fourth-order valence-electron chi connectivity index (χ4n) is 2.10. The summed E-state index contributed by atoms with van der Waals surface area (Å²) in [7, 11) is -0.374. The van der Waals surface area contributed by atoms with Crippen molar-refractivity contribution >= 4 is 20.9 Å². The highest BCUT2D eigenvalue weighted by Gasteiger charge is 2.11. The van der Waals surface area contributed by atoms with E-state index in [1.807, 2.05) is 18.3 Å². The molecule has 0 amide bonds. The third-order valence-corrected chi connectivity index (χ3v) is 4.55. The first-order valence-corrected chi connectivity index (χ1v) is 7.99. The number of benzene rings is 1. The molecular formula is C14H21N3O2S. The number of hydrogen-bond donors (Lipinski definition) is 2. The van der Waals surface area contributed by atoms with Gasteiger partial charge in [-0.05, 0) is 50.8 Å². The molecule has 0 fully saturated rings. The predicted molar refractivity (Wildman–Crippen MR) is 82.2 cm³/mol. The van der Waals surface area contributed by atoms with Crippen molar-refractivity contribution in [1.29, 1.82) is 0 Å². The summed E-state index contributed by atoms with van der Waals surface area (Å²) in [6.07, 6.45) is 2.41. The Morgan fingerprint density at radius 2 is 2.25 bits per heavy atom. The average Bonchev–Trinajstić information content (AvgIpc) is 2.85. The van der Waals surface area contributed by atoms with Gasteiger partial charge in [-0.25, -0.2) is 13.1 Å². The summed E-state index contributed by atoms with van der Waals surface area (Å²) in [6, 6.07) is 5.45. The summed E-state index contributed by atoms with van der Waals surface area (Å²) in [5, 5.41) is 0.924. The molecule has 0 bridgehead atoms. The van der Waals surface area contributed by atoms with Crippen molar-refractivity contribution in [2.75, 3.05) is 27.6 Å². The zero-order valence-electron chi connectivity index (χ0n) is 14.6. The molecule has 6 heteroatoms. The second-order valence-corrected chi connectivity index (χ2v) is 6.76. The number of sulfonamides is 1. The van der Waals surface area contributed by atoms with Crippen molar-refractivity contribution < 1.29 is 12.5 Å². The minimum absolute atomic E-state index is 0.0841. The number of likely N-dealkylation sites (N-methyl/N-ethyl adjacent to an activating group) is 1. The Morgan fingerprint density at radius 1 is 1.45 bits per heavy atom. The lowest BCUT2D eigenvalue weighted by Crippen LogP contribution is -2.20. The second kappa shape index (κ2) is 5.95. The van der Waals surface area contributed by atoms with Crippen LogP contribution in [-0.4, -0.2) is 45.9 Å². The van der Waals surface area contributed by atoms with E-state index in [0.29, 0.717) is 18.5 Å². The maximum Gasteiger partial charge on any atom is 0.215 e. The van der Waals surface area contributed by atoms with Crippen LogP contribution >= 0.6 is 0 Å². The van der Waals surface area contributed by atoms with E-state index in [4.69, 9.17) is 4.11 Å². The Bertz CT molecular complexity index is 784. The maximum atomic E-state index is 11.7. The zero-order chi connectivity index (χ0) is 17.3. The van der Waals surface area contributed by atoms with E-state index in [0.717, 1.165) is 16.5 Å². The maximum absolute atomic E-state index is 11.7. The number of aromatic nitrogens is 1. The number of nitrogens with zero attached hydrogens (tertiary/aromatic N) is 1. The van der Waals surface area contributed by atoms with Gasteiger partial charge >= 0.3 is 0 Å². The molecule has 1 heterocycles. The molecule has 110 valence electrons. The van der Waals surface area contributed by atoms with Gasteiger partial charge in [0, 0.05) is 27.8 Å². The summed E-state index contributed by atoms with van der Waals surface area (Å²) in [5.74, 6) is -0.0841. The van der Waals surface area contributed by atoms with E-state index in [9.17, 15) is 8.42 Å². The van der Waals surface area contributed by atoms with Gasteiger partial charge in [0.1, 0.15) is 0 Å². The third kappa shape index (κ3) is 3.59. The molecule has 0 aliphatic heterocycles. The molecule has 1 aromatic carbocycles. The number of H-pyrrole nitrogens is 1. The number of hydrogen-bond acceptors (Lipinski definition) is 3. The molecule has 20 heavy (non-hydrogen) atoms. The van der Waals surface area contributed by atoms with Crippen molar-refractivity contribution in [3.05, 3.63) is 35.5 Å². The van der Waals surface area contributed by atoms with Gasteiger partial charge in [0.05, 0.1) is 5.75 Å². The van der Waals surface area contributed by atoms with E-state index in [-0.39, 0.29) is 5.75 Å². The Morgan fingerprint density at radius 3 is 2.95 bits per heavy atom. The minimum atomic E-state index is -3.33. The molecule has 0 aliphatic rings. The fourth-order valence-corrected chi connectivity index (χ4v) is 2.86. The van der Waals surface area contributed by atoms with Crippen molar-refractivity contribution in [3.63, 3.8) is 0 Å². The van der Waals surface area contributed by atoms with E-state index >= 15 is 0 Å². The summed E-state index contributed by atoms with van der Waals surface area (Å²) in [4.78, 5) is 4.45. The van der Waals surface area contributed by atoms with Gasteiger partial charge in [-0.1, -0.05) is 6.07 Å². The minimum Gasteiger partial charge on any atom is -0.361 e. The normalized spacial score (nSPS) is 15.2. The summed E-state index contributed by atoms with van der Waals surface area (Å²) in [5.41, 5.74) is 2.57. The van der Waals surface area contributed by atoms with Gasteiger partial charge in [0.2, 0.25) is 10.0 Å². The Labute approximate surface area is 124 Å². The monoisotopic (exact) mass is 298 g/mol. The highest BCUT2D eigenvalue weighted by molar-refractivity contribution is 7.88.